The number of rotatable bonds is 3. The highest BCUT2D eigenvalue weighted by molar-refractivity contribution is 5.71. The molecule has 1 aromatic heterocycles. The van der Waals surface area contributed by atoms with Gasteiger partial charge in [-0.3, -0.25) is 4.79 Å². The maximum absolute atomic E-state index is 11.1. The summed E-state index contributed by atoms with van der Waals surface area (Å²) in [5, 5.41) is 17.6. The van der Waals surface area contributed by atoms with Gasteiger partial charge in [-0.2, -0.15) is 0 Å². The summed E-state index contributed by atoms with van der Waals surface area (Å²) in [6.45, 7) is 1.35. The molecule has 1 aliphatic heterocycles. The van der Waals surface area contributed by atoms with Crippen LogP contribution in [0.25, 0.3) is 11.3 Å². The molecule has 3 rings (SSSR count). The lowest BCUT2D eigenvalue weighted by molar-refractivity contribution is -0.141. The smallest absolute Gasteiger partial charge is 0.308 e. The van der Waals surface area contributed by atoms with Crippen molar-refractivity contribution in [3.05, 3.63) is 42.5 Å². The van der Waals surface area contributed by atoms with Gasteiger partial charge in [-0.1, -0.05) is 30.3 Å². The van der Waals surface area contributed by atoms with Gasteiger partial charge in [0.2, 0.25) is 0 Å². The third-order valence-electron chi connectivity index (χ3n) is 3.81. The van der Waals surface area contributed by atoms with Crippen molar-refractivity contribution in [1.82, 2.24) is 10.2 Å². The van der Waals surface area contributed by atoms with Crippen LogP contribution in [-0.2, 0) is 4.79 Å². The summed E-state index contributed by atoms with van der Waals surface area (Å²) in [7, 11) is 0. The Bertz CT molecular complexity index is 613. The van der Waals surface area contributed by atoms with Gasteiger partial charge in [0.25, 0.3) is 0 Å². The van der Waals surface area contributed by atoms with Crippen LogP contribution in [0.5, 0.6) is 0 Å². The van der Waals surface area contributed by atoms with Crippen molar-refractivity contribution >= 4 is 11.8 Å². The Morgan fingerprint density at radius 1 is 1.14 bits per heavy atom. The quantitative estimate of drug-likeness (QED) is 0.937. The zero-order chi connectivity index (χ0) is 14.7. The van der Waals surface area contributed by atoms with E-state index in [0.717, 1.165) is 36.5 Å². The van der Waals surface area contributed by atoms with E-state index in [4.69, 9.17) is 5.11 Å². The lowest BCUT2D eigenvalue weighted by Crippen LogP contribution is -2.39. The van der Waals surface area contributed by atoms with E-state index in [-0.39, 0.29) is 5.92 Å². The van der Waals surface area contributed by atoms with Crippen molar-refractivity contribution in [3.63, 3.8) is 0 Å². The van der Waals surface area contributed by atoms with Gasteiger partial charge >= 0.3 is 5.97 Å². The highest BCUT2D eigenvalue weighted by Gasteiger charge is 2.26. The molecule has 0 amide bonds. The Morgan fingerprint density at radius 2 is 1.95 bits per heavy atom. The van der Waals surface area contributed by atoms with Crippen LogP contribution in [0.1, 0.15) is 12.8 Å². The van der Waals surface area contributed by atoms with Gasteiger partial charge in [-0.25, -0.2) is 0 Å². The van der Waals surface area contributed by atoms with Crippen molar-refractivity contribution in [2.45, 2.75) is 12.8 Å². The molecule has 1 aliphatic rings. The first-order valence-corrected chi connectivity index (χ1v) is 7.11. The molecular weight excluding hydrogens is 266 g/mol. The molecule has 1 atom stereocenters. The van der Waals surface area contributed by atoms with E-state index in [1.165, 1.54) is 0 Å². The number of benzene rings is 1. The maximum Gasteiger partial charge on any atom is 0.308 e. The van der Waals surface area contributed by atoms with Gasteiger partial charge < -0.3 is 10.0 Å². The number of aromatic nitrogens is 2. The second-order valence-electron chi connectivity index (χ2n) is 5.27. The van der Waals surface area contributed by atoms with E-state index < -0.39 is 5.97 Å². The zero-order valence-electron chi connectivity index (χ0n) is 11.6. The lowest BCUT2D eigenvalue weighted by atomic mass is 9.98. The molecule has 2 heterocycles. The number of carboxylic acids is 1. The summed E-state index contributed by atoms with van der Waals surface area (Å²) >= 11 is 0. The van der Waals surface area contributed by atoms with Crippen LogP contribution < -0.4 is 4.90 Å². The van der Waals surface area contributed by atoms with Gasteiger partial charge in [-0.15, -0.1) is 10.2 Å². The van der Waals surface area contributed by atoms with Crippen LogP contribution in [0.15, 0.2) is 42.5 Å². The molecule has 1 fully saturated rings. The average Bonchev–Trinajstić information content (AvgIpc) is 2.56. The number of piperidine rings is 1. The Labute approximate surface area is 123 Å². The molecule has 1 N–H and O–H groups in total. The maximum atomic E-state index is 11.1. The van der Waals surface area contributed by atoms with Gasteiger partial charge in [0, 0.05) is 18.7 Å². The number of carbonyl (C=O) groups is 1. The van der Waals surface area contributed by atoms with E-state index in [0.29, 0.717) is 6.54 Å². The second kappa shape index (κ2) is 5.91. The normalized spacial score (nSPS) is 18.5. The Kier molecular flexibility index (Phi) is 3.81. The second-order valence-corrected chi connectivity index (χ2v) is 5.27. The fourth-order valence-corrected chi connectivity index (χ4v) is 2.64. The van der Waals surface area contributed by atoms with Crippen molar-refractivity contribution in [2.75, 3.05) is 18.0 Å². The van der Waals surface area contributed by atoms with Crippen molar-refractivity contribution in [2.24, 2.45) is 5.92 Å². The molecule has 21 heavy (non-hydrogen) atoms. The lowest BCUT2D eigenvalue weighted by Gasteiger charge is -2.31. The number of hydrogen-bond donors (Lipinski definition) is 1. The zero-order valence-corrected chi connectivity index (χ0v) is 11.6. The molecule has 0 bridgehead atoms. The van der Waals surface area contributed by atoms with Crippen LogP contribution in [0.2, 0.25) is 0 Å². The van der Waals surface area contributed by atoms with Crippen molar-refractivity contribution < 1.29 is 9.90 Å². The topological polar surface area (TPSA) is 66.3 Å². The molecule has 0 spiro atoms. The van der Waals surface area contributed by atoms with Crippen LogP contribution in [0, 0.1) is 5.92 Å². The van der Waals surface area contributed by atoms with E-state index in [1.807, 2.05) is 47.4 Å². The van der Waals surface area contributed by atoms with Crippen LogP contribution in [0.3, 0.4) is 0 Å². The minimum atomic E-state index is -0.728. The number of hydrogen-bond acceptors (Lipinski definition) is 4. The van der Waals surface area contributed by atoms with Crippen molar-refractivity contribution in [3.8, 4) is 11.3 Å². The fraction of sp³-hybridized carbons (Fsp3) is 0.312. The summed E-state index contributed by atoms with van der Waals surface area (Å²) < 4.78 is 0. The predicted octanol–water partition coefficient (Wildman–Crippen LogP) is 2.44. The van der Waals surface area contributed by atoms with Gasteiger partial charge in [-0.05, 0) is 25.0 Å². The molecule has 5 nitrogen and oxygen atoms in total. The molecule has 0 aliphatic carbocycles. The van der Waals surface area contributed by atoms with Crippen LogP contribution in [-0.4, -0.2) is 34.4 Å². The van der Waals surface area contributed by atoms with E-state index in [9.17, 15) is 4.79 Å². The SMILES string of the molecule is O=C(O)[C@H]1CCCN(c2ccc(-c3ccccc3)nn2)C1. The third kappa shape index (κ3) is 3.02. The number of anilines is 1. The molecule has 0 saturated carbocycles. The third-order valence-corrected chi connectivity index (χ3v) is 3.81. The van der Waals surface area contributed by atoms with Crippen molar-refractivity contribution in [1.29, 1.82) is 0 Å². The molecular formula is C16H17N3O2. The predicted molar refractivity (Wildman–Crippen MR) is 80.0 cm³/mol. The minimum absolute atomic E-state index is 0.311. The summed E-state index contributed by atoms with van der Waals surface area (Å²) in [5.74, 6) is -0.288. The number of aliphatic carboxylic acids is 1. The molecule has 1 saturated heterocycles. The molecule has 0 unspecified atom stereocenters. The highest BCUT2D eigenvalue weighted by Crippen LogP contribution is 2.23. The molecule has 0 radical (unpaired) electrons. The standard InChI is InChI=1S/C16H17N3O2/c20-16(21)13-7-4-10-19(11-13)15-9-8-14(17-18-15)12-5-2-1-3-6-12/h1-3,5-6,8-9,13H,4,7,10-11H2,(H,20,21)/t13-/m0/s1. The summed E-state index contributed by atoms with van der Waals surface area (Å²) in [6, 6.07) is 13.7. The first-order valence-electron chi connectivity index (χ1n) is 7.11. The average molecular weight is 283 g/mol. The fourth-order valence-electron chi connectivity index (χ4n) is 2.64. The summed E-state index contributed by atoms with van der Waals surface area (Å²) in [4.78, 5) is 13.1. The van der Waals surface area contributed by atoms with Gasteiger partial charge in [0.05, 0.1) is 11.6 Å². The molecule has 108 valence electrons. The monoisotopic (exact) mass is 283 g/mol. The number of carboxylic acid groups (broad SMARTS) is 1. The van der Waals surface area contributed by atoms with Gasteiger partial charge in [0.15, 0.2) is 5.82 Å². The summed E-state index contributed by atoms with van der Waals surface area (Å²) in [6.07, 6.45) is 1.61. The van der Waals surface area contributed by atoms with Gasteiger partial charge in [0.1, 0.15) is 0 Å². The Morgan fingerprint density at radius 3 is 2.62 bits per heavy atom. The van der Waals surface area contributed by atoms with Crippen LogP contribution in [0.4, 0.5) is 5.82 Å². The van der Waals surface area contributed by atoms with E-state index in [2.05, 4.69) is 10.2 Å². The van der Waals surface area contributed by atoms with E-state index >= 15 is 0 Å². The molecule has 2 aromatic rings. The van der Waals surface area contributed by atoms with Crippen LogP contribution >= 0.6 is 0 Å². The molecule has 1 aromatic carbocycles. The molecule has 5 heteroatoms. The minimum Gasteiger partial charge on any atom is -0.481 e. The van der Waals surface area contributed by atoms with E-state index in [1.54, 1.807) is 0 Å². The highest BCUT2D eigenvalue weighted by atomic mass is 16.4. The Balaban J connectivity index is 1.76. The summed E-state index contributed by atoms with van der Waals surface area (Å²) in [5.41, 5.74) is 1.85. The number of nitrogens with zero attached hydrogens (tertiary/aromatic N) is 3. The first-order chi connectivity index (χ1) is 10.2. The Hall–Kier alpha value is -2.43. The largest absolute Gasteiger partial charge is 0.481 e. The first kappa shape index (κ1) is 13.5.